The highest BCUT2D eigenvalue weighted by Gasteiger charge is 2.10. The van der Waals surface area contributed by atoms with Crippen LogP contribution < -0.4 is 11.1 Å². The van der Waals surface area contributed by atoms with Crippen LogP contribution >= 0.6 is 11.8 Å². The van der Waals surface area contributed by atoms with Gasteiger partial charge in [0.25, 0.3) is 0 Å². The van der Waals surface area contributed by atoms with Crippen LogP contribution in [0.3, 0.4) is 0 Å². The van der Waals surface area contributed by atoms with Gasteiger partial charge in [0, 0.05) is 17.9 Å². The average molecular weight is 232 g/mol. The average Bonchev–Trinajstić information content (AvgIpc) is 2.13. The summed E-state index contributed by atoms with van der Waals surface area (Å²) in [6.45, 7) is 1.93. The van der Waals surface area contributed by atoms with Gasteiger partial charge in [-0.25, -0.2) is 8.78 Å². The van der Waals surface area contributed by atoms with Crippen LogP contribution in [0.2, 0.25) is 0 Å². The SMILES string of the molecule is CSCC(C)Nc1cc(F)cc(F)c1N. The van der Waals surface area contributed by atoms with E-state index in [0.717, 1.165) is 11.8 Å². The van der Waals surface area contributed by atoms with Gasteiger partial charge in [0.05, 0.1) is 11.4 Å². The van der Waals surface area contributed by atoms with Crippen molar-refractivity contribution in [1.82, 2.24) is 0 Å². The van der Waals surface area contributed by atoms with E-state index in [1.165, 1.54) is 6.07 Å². The zero-order chi connectivity index (χ0) is 11.4. The third kappa shape index (κ3) is 3.27. The molecular formula is C10H14F2N2S. The van der Waals surface area contributed by atoms with Gasteiger partial charge in [0.2, 0.25) is 0 Å². The minimum atomic E-state index is -0.728. The lowest BCUT2D eigenvalue weighted by molar-refractivity contribution is 0.586. The van der Waals surface area contributed by atoms with E-state index in [4.69, 9.17) is 5.73 Å². The molecule has 0 aliphatic heterocycles. The van der Waals surface area contributed by atoms with Gasteiger partial charge in [0.1, 0.15) is 5.82 Å². The van der Waals surface area contributed by atoms with Crippen molar-refractivity contribution in [3.63, 3.8) is 0 Å². The summed E-state index contributed by atoms with van der Waals surface area (Å²) in [5.74, 6) is -0.508. The minimum Gasteiger partial charge on any atom is -0.395 e. The molecule has 0 aliphatic rings. The first-order valence-corrected chi connectivity index (χ1v) is 5.94. The standard InChI is InChI=1S/C10H14F2N2S/c1-6(5-15-2)14-9-4-7(11)3-8(12)10(9)13/h3-4,6,14H,5,13H2,1-2H3. The highest BCUT2D eigenvalue weighted by molar-refractivity contribution is 7.98. The van der Waals surface area contributed by atoms with Crippen LogP contribution in [0.4, 0.5) is 20.2 Å². The lowest BCUT2D eigenvalue weighted by atomic mass is 10.2. The summed E-state index contributed by atoms with van der Waals surface area (Å²) in [5, 5.41) is 2.97. The van der Waals surface area contributed by atoms with Gasteiger partial charge in [-0.3, -0.25) is 0 Å². The van der Waals surface area contributed by atoms with Crippen LogP contribution in [-0.2, 0) is 0 Å². The summed E-state index contributed by atoms with van der Waals surface area (Å²) in [6, 6.07) is 2.10. The smallest absolute Gasteiger partial charge is 0.151 e. The number of halogens is 2. The number of anilines is 2. The molecule has 1 aromatic rings. The molecule has 2 nitrogen and oxygen atoms in total. The van der Waals surface area contributed by atoms with Crippen molar-refractivity contribution in [3.05, 3.63) is 23.8 Å². The molecule has 0 saturated carbocycles. The van der Waals surface area contributed by atoms with Crippen molar-refractivity contribution < 1.29 is 8.78 Å². The molecular weight excluding hydrogens is 218 g/mol. The predicted molar refractivity (Wildman–Crippen MR) is 62.2 cm³/mol. The van der Waals surface area contributed by atoms with Crippen LogP contribution in [0.5, 0.6) is 0 Å². The molecule has 0 aromatic heterocycles. The molecule has 5 heteroatoms. The van der Waals surface area contributed by atoms with Gasteiger partial charge in [-0.2, -0.15) is 11.8 Å². The topological polar surface area (TPSA) is 38.0 Å². The van der Waals surface area contributed by atoms with Crippen LogP contribution in [-0.4, -0.2) is 18.1 Å². The molecule has 0 fully saturated rings. The van der Waals surface area contributed by atoms with E-state index in [1.54, 1.807) is 11.8 Å². The van der Waals surface area contributed by atoms with E-state index in [1.807, 2.05) is 13.2 Å². The van der Waals surface area contributed by atoms with Crippen molar-refractivity contribution in [1.29, 1.82) is 0 Å². The van der Waals surface area contributed by atoms with E-state index in [9.17, 15) is 8.78 Å². The van der Waals surface area contributed by atoms with E-state index < -0.39 is 11.6 Å². The number of hydrogen-bond donors (Lipinski definition) is 2. The third-order valence-electron chi connectivity index (χ3n) is 1.91. The molecule has 84 valence electrons. The summed E-state index contributed by atoms with van der Waals surface area (Å²) in [5.41, 5.74) is 5.76. The van der Waals surface area contributed by atoms with Gasteiger partial charge in [-0.15, -0.1) is 0 Å². The Kier molecular flexibility index (Phi) is 4.20. The second kappa shape index (κ2) is 5.21. The second-order valence-electron chi connectivity index (χ2n) is 3.35. The summed E-state index contributed by atoms with van der Waals surface area (Å²) in [4.78, 5) is 0. The third-order valence-corrected chi connectivity index (χ3v) is 2.75. The maximum absolute atomic E-state index is 13.1. The van der Waals surface area contributed by atoms with Crippen molar-refractivity contribution in [2.45, 2.75) is 13.0 Å². The van der Waals surface area contributed by atoms with Crippen molar-refractivity contribution >= 4 is 23.1 Å². The summed E-state index contributed by atoms with van der Waals surface area (Å²) in [6.07, 6.45) is 1.97. The Balaban J connectivity index is 2.84. The van der Waals surface area contributed by atoms with E-state index in [-0.39, 0.29) is 11.7 Å². The molecule has 0 bridgehead atoms. The Hall–Kier alpha value is -0.970. The van der Waals surface area contributed by atoms with Crippen LogP contribution in [0, 0.1) is 11.6 Å². The minimum absolute atomic E-state index is 0.0376. The fourth-order valence-electron chi connectivity index (χ4n) is 1.26. The molecule has 0 spiro atoms. The number of nitrogen functional groups attached to an aromatic ring is 1. The highest BCUT2D eigenvalue weighted by Crippen LogP contribution is 2.24. The molecule has 0 aliphatic carbocycles. The quantitative estimate of drug-likeness (QED) is 0.784. The molecule has 15 heavy (non-hydrogen) atoms. The zero-order valence-corrected chi connectivity index (χ0v) is 9.50. The molecule has 1 rings (SSSR count). The summed E-state index contributed by atoms with van der Waals surface area (Å²) in [7, 11) is 0. The molecule has 0 amide bonds. The van der Waals surface area contributed by atoms with Crippen LogP contribution in [0.25, 0.3) is 0 Å². The molecule has 0 radical (unpaired) electrons. The van der Waals surface area contributed by atoms with E-state index in [2.05, 4.69) is 5.32 Å². The Morgan fingerprint density at radius 2 is 2.13 bits per heavy atom. The second-order valence-corrected chi connectivity index (χ2v) is 4.26. The first-order valence-electron chi connectivity index (χ1n) is 4.54. The van der Waals surface area contributed by atoms with Crippen molar-refractivity contribution in [2.75, 3.05) is 23.1 Å². The Morgan fingerprint density at radius 1 is 1.47 bits per heavy atom. The maximum Gasteiger partial charge on any atom is 0.151 e. The molecule has 0 heterocycles. The lowest BCUT2D eigenvalue weighted by Crippen LogP contribution is -2.19. The number of nitrogens with one attached hydrogen (secondary N) is 1. The first kappa shape index (κ1) is 12.1. The van der Waals surface area contributed by atoms with Gasteiger partial charge in [0.15, 0.2) is 5.82 Å². The number of rotatable bonds is 4. The fourth-order valence-corrected chi connectivity index (χ4v) is 1.84. The molecule has 0 saturated heterocycles. The number of nitrogens with two attached hydrogens (primary N) is 1. The molecule has 1 aromatic carbocycles. The monoisotopic (exact) mass is 232 g/mol. The normalized spacial score (nSPS) is 12.5. The van der Waals surface area contributed by atoms with E-state index >= 15 is 0 Å². The van der Waals surface area contributed by atoms with E-state index in [0.29, 0.717) is 5.69 Å². The predicted octanol–water partition coefficient (Wildman–Crippen LogP) is 2.71. The highest BCUT2D eigenvalue weighted by atomic mass is 32.2. The number of benzene rings is 1. The van der Waals surface area contributed by atoms with Gasteiger partial charge in [-0.1, -0.05) is 0 Å². The Bertz CT molecular complexity index is 344. The first-order chi connectivity index (χ1) is 7.04. The lowest BCUT2D eigenvalue weighted by Gasteiger charge is -2.16. The number of hydrogen-bond acceptors (Lipinski definition) is 3. The summed E-state index contributed by atoms with van der Waals surface area (Å²) >= 11 is 1.65. The molecule has 3 N–H and O–H groups in total. The fraction of sp³-hybridized carbons (Fsp3) is 0.400. The van der Waals surface area contributed by atoms with Crippen LogP contribution in [0.1, 0.15) is 6.92 Å². The van der Waals surface area contributed by atoms with Gasteiger partial charge in [-0.05, 0) is 19.2 Å². The molecule has 1 unspecified atom stereocenters. The van der Waals surface area contributed by atoms with Gasteiger partial charge >= 0.3 is 0 Å². The Morgan fingerprint density at radius 3 is 2.73 bits per heavy atom. The summed E-state index contributed by atoms with van der Waals surface area (Å²) < 4.78 is 26.0. The molecule has 1 atom stereocenters. The zero-order valence-electron chi connectivity index (χ0n) is 8.68. The Labute approximate surface area is 92.2 Å². The maximum atomic E-state index is 13.1. The largest absolute Gasteiger partial charge is 0.395 e. The van der Waals surface area contributed by atoms with Gasteiger partial charge < -0.3 is 11.1 Å². The van der Waals surface area contributed by atoms with Crippen molar-refractivity contribution in [3.8, 4) is 0 Å². The van der Waals surface area contributed by atoms with Crippen molar-refractivity contribution in [2.24, 2.45) is 0 Å². The van der Waals surface area contributed by atoms with Crippen LogP contribution in [0.15, 0.2) is 12.1 Å². The number of thioether (sulfide) groups is 1.